The quantitative estimate of drug-likeness (QED) is 0.363. The number of rotatable bonds is 8. The molecule has 0 radical (unpaired) electrons. The number of H-pyrrole nitrogens is 1. The number of benzene rings is 2. The standard InChI is InChI=1S/C24H28IN3/c1-17(19-6-4-5-18(13-19)15-27-22-7-2-3-8-22)26-12-11-20-16-28-24-10-9-21(25)14-23(20)24/h4-6,9-10,13-14,16,22,26-28H,1-3,7-8,11-12,15H2. The maximum absolute atomic E-state index is 4.26. The molecule has 1 aromatic heterocycles. The van der Waals surface area contributed by atoms with Gasteiger partial charge in [-0.2, -0.15) is 0 Å². The average Bonchev–Trinajstić information content (AvgIpc) is 3.36. The molecule has 0 saturated heterocycles. The summed E-state index contributed by atoms with van der Waals surface area (Å²) in [5.74, 6) is 0. The minimum absolute atomic E-state index is 0.698. The molecular formula is C24H28IN3. The molecule has 1 fully saturated rings. The Balaban J connectivity index is 1.31. The van der Waals surface area contributed by atoms with Crippen LogP contribution in [-0.4, -0.2) is 17.6 Å². The third-order valence-corrected chi connectivity index (χ3v) is 6.36. The lowest BCUT2D eigenvalue weighted by atomic mass is 10.1. The van der Waals surface area contributed by atoms with Gasteiger partial charge in [-0.15, -0.1) is 0 Å². The molecule has 3 aromatic rings. The van der Waals surface area contributed by atoms with Gasteiger partial charge in [0.25, 0.3) is 0 Å². The van der Waals surface area contributed by atoms with Gasteiger partial charge in [-0.05, 0) is 82.8 Å². The van der Waals surface area contributed by atoms with Gasteiger partial charge < -0.3 is 15.6 Å². The van der Waals surface area contributed by atoms with E-state index in [1.54, 1.807) is 0 Å². The van der Waals surface area contributed by atoms with Crippen LogP contribution < -0.4 is 10.6 Å². The van der Waals surface area contributed by atoms with Gasteiger partial charge in [0, 0.05) is 45.5 Å². The van der Waals surface area contributed by atoms with E-state index in [1.807, 2.05) is 0 Å². The summed E-state index contributed by atoms with van der Waals surface area (Å²) in [5, 5.41) is 8.52. The van der Waals surface area contributed by atoms with Crippen molar-refractivity contribution in [2.24, 2.45) is 0 Å². The fraction of sp³-hybridized carbons (Fsp3) is 0.333. The number of aromatic nitrogens is 1. The van der Waals surface area contributed by atoms with Gasteiger partial charge in [0.2, 0.25) is 0 Å². The molecule has 1 aliphatic rings. The van der Waals surface area contributed by atoms with Crippen molar-refractivity contribution in [1.82, 2.24) is 15.6 Å². The van der Waals surface area contributed by atoms with Crippen LogP contribution in [0.4, 0.5) is 0 Å². The Bertz CT molecular complexity index is 953. The molecule has 3 nitrogen and oxygen atoms in total. The van der Waals surface area contributed by atoms with Crippen LogP contribution in [0.2, 0.25) is 0 Å². The summed E-state index contributed by atoms with van der Waals surface area (Å²) in [6.07, 6.45) is 8.48. The molecule has 1 saturated carbocycles. The summed E-state index contributed by atoms with van der Waals surface area (Å²) in [6, 6.07) is 16.0. The van der Waals surface area contributed by atoms with Crippen molar-refractivity contribution in [2.45, 2.75) is 44.7 Å². The number of nitrogens with one attached hydrogen (secondary N) is 3. The molecule has 0 bridgehead atoms. The highest BCUT2D eigenvalue weighted by Gasteiger charge is 2.13. The van der Waals surface area contributed by atoms with Crippen LogP contribution in [0.25, 0.3) is 16.6 Å². The number of fused-ring (bicyclic) bond motifs is 1. The Labute approximate surface area is 181 Å². The van der Waals surface area contributed by atoms with Crippen molar-refractivity contribution in [2.75, 3.05) is 6.54 Å². The molecule has 146 valence electrons. The highest BCUT2D eigenvalue weighted by atomic mass is 127. The fourth-order valence-corrected chi connectivity index (χ4v) is 4.56. The SMILES string of the molecule is C=C(NCCc1c[nH]c2ccc(I)cc12)c1cccc(CNC2CCCC2)c1. The summed E-state index contributed by atoms with van der Waals surface area (Å²) in [6.45, 7) is 6.08. The molecule has 1 aliphatic carbocycles. The first-order valence-electron chi connectivity index (χ1n) is 10.2. The van der Waals surface area contributed by atoms with Crippen molar-refractivity contribution in [3.05, 3.63) is 75.5 Å². The van der Waals surface area contributed by atoms with Crippen molar-refractivity contribution >= 4 is 39.2 Å². The first-order chi connectivity index (χ1) is 13.7. The Hall–Kier alpha value is -1.79. The van der Waals surface area contributed by atoms with Crippen LogP contribution in [0.3, 0.4) is 0 Å². The maximum atomic E-state index is 4.26. The molecule has 4 heteroatoms. The highest BCUT2D eigenvalue weighted by molar-refractivity contribution is 14.1. The smallest absolute Gasteiger partial charge is 0.0457 e. The van der Waals surface area contributed by atoms with E-state index in [-0.39, 0.29) is 0 Å². The molecule has 28 heavy (non-hydrogen) atoms. The number of aromatic amines is 1. The first-order valence-corrected chi connectivity index (χ1v) is 11.3. The molecule has 0 aliphatic heterocycles. The number of hydrogen-bond donors (Lipinski definition) is 3. The maximum Gasteiger partial charge on any atom is 0.0457 e. The predicted molar refractivity (Wildman–Crippen MR) is 127 cm³/mol. The van der Waals surface area contributed by atoms with Gasteiger partial charge in [0.1, 0.15) is 0 Å². The predicted octanol–water partition coefficient (Wildman–Crippen LogP) is 5.61. The van der Waals surface area contributed by atoms with Crippen LogP contribution in [0.1, 0.15) is 42.4 Å². The van der Waals surface area contributed by atoms with E-state index < -0.39 is 0 Å². The zero-order valence-electron chi connectivity index (χ0n) is 16.2. The average molecular weight is 485 g/mol. The second-order valence-corrected chi connectivity index (χ2v) is 8.97. The Morgan fingerprint density at radius 3 is 2.86 bits per heavy atom. The molecule has 3 N–H and O–H groups in total. The van der Waals surface area contributed by atoms with E-state index >= 15 is 0 Å². The summed E-state index contributed by atoms with van der Waals surface area (Å²) < 4.78 is 1.27. The normalized spacial score (nSPS) is 14.6. The minimum atomic E-state index is 0.698. The summed E-state index contributed by atoms with van der Waals surface area (Å²) in [4.78, 5) is 3.37. The van der Waals surface area contributed by atoms with Crippen molar-refractivity contribution in [3.8, 4) is 0 Å². The van der Waals surface area contributed by atoms with Crippen LogP contribution in [-0.2, 0) is 13.0 Å². The van der Waals surface area contributed by atoms with E-state index in [4.69, 9.17) is 0 Å². The summed E-state index contributed by atoms with van der Waals surface area (Å²) >= 11 is 2.37. The molecule has 4 rings (SSSR count). The summed E-state index contributed by atoms with van der Waals surface area (Å²) in [5.41, 5.74) is 6.06. The van der Waals surface area contributed by atoms with Crippen LogP contribution in [0.15, 0.2) is 55.2 Å². The zero-order chi connectivity index (χ0) is 19.3. The third-order valence-electron chi connectivity index (χ3n) is 5.69. The van der Waals surface area contributed by atoms with Gasteiger partial charge in [-0.25, -0.2) is 0 Å². The summed E-state index contributed by atoms with van der Waals surface area (Å²) in [7, 11) is 0. The molecule has 1 heterocycles. The second-order valence-electron chi connectivity index (χ2n) is 7.72. The fourth-order valence-electron chi connectivity index (χ4n) is 4.07. The number of halogens is 1. The van der Waals surface area contributed by atoms with E-state index in [2.05, 4.69) is 93.4 Å². The van der Waals surface area contributed by atoms with Gasteiger partial charge in [-0.1, -0.05) is 37.6 Å². The van der Waals surface area contributed by atoms with Gasteiger partial charge in [0.05, 0.1) is 0 Å². The lowest BCUT2D eigenvalue weighted by molar-refractivity contribution is 0.524. The van der Waals surface area contributed by atoms with E-state index in [0.717, 1.165) is 25.2 Å². The molecule has 0 spiro atoms. The third kappa shape index (κ3) is 4.78. The van der Waals surface area contributed by atoms with Gasteiger partial charge in [-0.3, -0.25) is 0 Å². The van der Waals surface area contributed by atoms with Crippen molar-refractivity contribution in [3.63, 3.8) is 0 Å². The van der Waals surface area contributed by atoms with Crippen molar-refractivity contribution < 1.29 is 0 Å². The monoisotopic (exact) mass is 485 g/mol. The Morgan fingerprint density at radius 2 is 2.00 bits per heavy atom. The highest BCUT2D eigenvalue weighted by Crippen LogP contribution is 2.22. The van der Waals surface area contributed by atoms with Gasteiger partial charge >= 0.3 is 0 Å². The topological polar surface area (TPSA) is 39.9 Å². The lowest BCUT2D eigenvalue weighted by Gasteiger charge is -2.14. The molecule has 0 unspecified atom stereocenters. The van der Waals surface area contributed by atoms with Gasteiger partial charge in [0.15, 0.2) is 0 Å². The minimum Gasteiger partial charge on any atom is -0.385 e. The largest absolute Gasteiger partial charge is 0.385 e. The lowest BCUT2D eigenvalue weighted by Crippen LogP contribution is -2.25. The van der Waals surface area contributed by atoms with Crippen LogP contribution in [0, 0.1) is 3.57 Å². The molecule has 0 atom stereocenters. The molecule has 0 amide bonds. The first kappa shape index (κ1) is 19.5. The van der Waals surface area contributed by atoms with Crippen LogP contribution in [0.5, 0.6) is 0 Å². The van der Waals surface area contributed by atoms with E-state index in [1.165, 1.54) is 56.8 Å². The van der Waals surface area contributed by atoms with E-state index in [9.17, 15) is 0 Å². The van der Waals surface area contributed by atoms with E-state index in [0.29, 0.717) is 6.04 Å². The zero-order valence-corrected chi connectivity index (χ0v) is 18.4. The Morgan fingerprint density at radius 1 is 1.14 bits per heavy atom. The molecular weight excluding hydrogens is 457 g/mol. The molecule has 2 aromatic carbocycles. The van der Waals surface area contributed by atoms with Crippen molar-refractivity contribution in [1.29, 1.82) is 0 Å². The van der Waals surface area contributed by atoms with Crippen LogP contribution >= 0.6 is 22.6 Å². The second kappa shape index (κ2) is 9.14. The Kier molecular flexibility index (Phi) is 6.37. The number of hydrogen-bond acceptors (Lipinski definition) is 2.